The van der Waals surface area contributed by atoms with Gasteiger partial charge in [0.05, 0.1) is 18.5 Å². The lowest BCUT2D eigenvalue weighted by Gasteiger charge is -2.34. The number of amides is 2. The van der Waals surface area contributed by atoms with Crippen molar-refractivity contribution in [2.24, 2.45) is 0 Å². The average Bonchev–Trinajstić information content (AvgIpc) is 2.70. The molecule has 0 unspecified atom stereocenters. The molecule has 160 valence electrons. The number of alkyl halides is 3. The van der Waals surface area contributed by atoms with E-state index in [4.69, 9.17) is 0 Å². The van der Waals surface area contributed by atoms with Gasteiger partial charge in [-0.15, -0.1) is 0 Å². The van der Waals surface area contributed by atoms with Crippen molar-refractivity contribution < 1.29 is 22.8 Å². The fourth-order valence-electron chi connectivity index (χ4n) is 3.38. The monoisotopic (exact) mass is 419 g/mol. The molecule has 8 heteroatoms. The van der Waals surface area contributed by atoms with Gasteiger partial charge in [-0.25, -0.2) is 0 Å². The molecule has 1 aliphatic heterocycles. The van der Waals surface area contributed by atoms with E-state index in [1.807, 2.05) is 36.1 Å². The average molecular weight is 419 g/mol. The third-order valence-corrected chi connectivity index (χ3v) is 5.19. The number of rotatable bonds is 5. The van der Waals surface area contributed by atoms with E-state index in [-0.39, 0.29) is 18.4 Å². The molecule has 0 radical (unpaired) electrons. The maximum absolute atomic E-state index is 12.6. The Balaban J connectivity index is 1.44. The molecule has 1 saturated heterocycles. The van der Waals surface area contributed by atoms with Crippen LogP contribution in [0.3, 0.4) is 0 Å². The van der Waals surface area contributed by atoms with Crippen LogP contribution in [-0.2, 0) is 22.2 Å². The zero-order valence-electron chi connectivity index (χ0n) is 16.7. The summed E-state index contributed by atoms with van der Waals surface area (Å²) in [5.74, 6) is -0.229. The van der Waals surface area contributed by atoms with Crippen LogP contribution in [0.2, 0.25) is 0 Å². The predicted molar refractivity (Wildman–Crippen MR) is 108 cm³/mol. The molecular weight excluding hydrogens is 395 g/mol. The van der Waals surface area contributed by atoms with E-state index in [1.165, 1.54) is 12.1 Å². The molecule has 0 bridgehead atoms. The summed E-state index contributed by atoms with van der Waals surface area (Å²) in [7, 11) is 0. The molecule has 2 aromatic carbocycles. The van der Waals surface area contributed by atoms with E-state index in [1.54, 1.807) is 4.90 Å². The van der Waals surface area contributed by atoms with Crippen molar-refractivity contribution in [1.82, 2.24) is 9.80 Å². The lowest BCUT2D eigenvalue weighted by Crippen LogP contribution is -2.50. The highest BCUT2D eigenvalue weighted by atomic mass is 19.4. The summed E-state index contributed by atoms with van der Waals surface area (Å²) in [4.78, 5) is 28.5. The molecule has 1 heterocycles. The van der Waals surface area contributed by atoms with E-state index in [0.717, 1.165) is 23.3 Å². The van der Waals surface area contributed by atoms with E-state index >= 15 is 0 Å². The first-order chi connectivity index (χ1) is 14.2. The number of carbonyl (C=O) groups is 2. The van der Waals surface area contributed by atoms with E-state index < -0.39 is 11.7 Å². The van der Waals surface area contributed by atoms with Crippen molar-refractivity contribution in [3.63, 3.8) is 0 Å². The Kier molecular flexibility index (Phi) is 6.77. The second-order valence-electron chi connectivity index (χ2n) is 7.38. The van der Waals surface area contributed by atoms with Gasteiger partial charge >= 0.3 is 6.18 Å². The largest absolute Gasteiger partial charge is 0.416 e. The van der Waals surface area contributed by atoms with Crippen molar-refractivity contribution in [1.29, 1.82) is 0 Å². The minimum Gasteiger partial charge on any atom is -0.340 e. The van der Waals surface area contributed by atoms with Crippen LogP contribution in [0.5, 0.6) is 0 Å². The van der Waals surface area contributed by atoms with Crippen LogP contribution in [-0.4, -0.2) is 54.3 Å². The zero-order valence-corrected chi connectivity index (χ0v) is 16.7. The minimum atomic E-state index is -4.40. The van der Waals surface area contributed by atoms with E-state index in [2.05, 4.69) is 5.32 Å². The summed E-state index contributed by atoms with van der Waals surface area (Å²) in [5.41, 5.74) is 1.66. The Morgan fingerprint density at radius 1 is 0.967 bits per heavy atom. The summed E-state index contributed by atoms with van der Waals surface area (Å²) >= 11 is 0. The summed E-state index contributed by atoms with van der Waals surface area (Å²) < 4.78 is 37.8. The maximum atomic E-state index is 12.6. The molecule has 0 aliphatic carbocycles. The second-order valence-corrected chi connectivity index (χ2v) is 7.38. The topological polar surface area (TPSA) is 52.7 Å². The summed E-state index contributed by atoms with van der Waals surface area (Å²) in [5, 5.41) is 2.61. The molecule has 0 spiro atoms. The number of hydrogen-bond acceptors (Lipinski definition) is 3. The molecular formula is C22H24F3N3O2. The van der Waals surface area contributed by atoms with Crippen molar-refractivity contribution in [2.75, 3.05) is 38.0 Å². The van der Waals surface area contributed by atoms with Gasteiger partial charge in [0, 0.05) is 31.9 Å². The third-order valence-electron chi connectivity index (χ3n) is 5.19. The predicted octanol–water partition coefficient (Wildman–Crippen LogP) is 3.34. The van der Waals surface area contributed by atoms with Crippen molar-refractivity contribution in [3.05, 3.63) is 65.2 Å². The van der Waals surface area contributed by atoms with Gasteiger partial charge in [-0.2, -0.15) is 13.2 Å². The highest BCUT2D eigenvalue weighted by Gasteiger charge is 2.30. The minimum absolute atomic E-state index is 0.0677. The van der Waals surface area contributed by atoms with Crippen molar-refractivity contribution in [3.8, 4) is 0 Å². The third kappa shape index (κ3) is 5.82. The molecule has 2 amide bonds. The number of carbonyl (C=O) groups excluding carboxylic acids is 2. The standard InChI is InChI=1S/C22H24F3N3O2/c1-16-4-2-3-5-17(16)14-21(30)28-12-10-27(11-13-28)15-20(29)26-19-8-6-18(7-9-19)22(23,24)25/h2-9H,10-15H2,1H3,(H,26,29). The number of halogens is 3. The van der Waals surface area contributed by atoms with Gasteiger partial charge in [-0.05, 0) is 42.3 Å². The number of benzene rings is 2. The maximum Gasteiger partial charge on any atom is 0.416 e. The summed E-state index contributed by atoms with van der Waals surface area (Å²) in [6.07, 6.45) is -4.04. The molecule has 1 aliphatic rings. The van der Waals surface area contributed by atoms with Gasteiger partial charge in [0.15, 0.2) is 0 Å². The zero-order chi connectivity index (χ0) is 21.7. The van der Waals surface area contributed by atoms with Crippen LogP contribution in [0.4, 0.5) is 18.9 Å². The summed E-state index contributed by atoms with van der Waals surface area (Å²) in [6, 6.07) is 12.2. The number of hydrogen-bond donors (Lipinski definition) is 1. The normalized spacial score (nSPS) is 15.1. The molecule has 0 atom stereocenters. The molecule has 2 aromatic rings. The van der Waals surface area contributed by atoms with Crippen LogP contribution in [0.15, 0.2) is 48.5 Å². The SMILES string of the molecule is Cc1ccccc1CC(=O)N1CCN(CC(=O)Nc2ccc(C(F)(F)F)cc2)CC1. The summed E-state index contributed by atoms with van der Waals surface area (Å²) in [6.45, 7) is 4.33. The first-order valence-corrected chi connectivity index (χ1v) is 9.74. The Morgan fingerprint density at radius 3 is 2.20 bits per heavy atom. The smallest absolute Gasteiger partial charge is 0.340 e. The van der Waals surface area contributed by atoms with Crippen LogP contribution in [0.25, 0.3) is 0 Å². The van der Waals surface area contributed by atoms with E-state index in [9.17, 15) is 22.8 Å². The Labute approximate surface area is 173 Å². The molecule has 30 heavy (non-hydrogen) atoms. The highest BCUT2D eigenvalue weighted by Crippen LogP contribution is 2.29. The van der Waals surface area contributed by atoms with Crippen molar-refractivity contribution in [2.45, 2.75) is 19.5 Å². The van der Waals surface area contributed by atoms with Crippen LogP contribution in [0.1, 0.15) is 16.7 Å². The highest BCUT2D eigenvalue weighted by molar-refractivity contribution is 5.92. The molecule has 1 N–H and O–H groups in total. The number of aryl methyl sites for hydroxylation is 1. The van der Waals surface area contributed by atoms with Gasteiger partial charge in [0.1, 0.15) is 0 Å². The molecule has 0 aromatic heterocycles. The van der Waals surface area contributed by atoms with Gasteiger partial charge < -0.3 is 10.2 Å². The van der Waals surface area contributed by atoms with Crippen LogP contribution >= 0.6 is 0 Å². The molecule has 1 fully saturated rings. The Bertz CT molecular complexity index is 889. The van der Waals surface area contributed by atoms with Gasteiger partial charge in [-0.1, -0.05) is 24.3 Å². The lowest BCUT2D eigenvalue weighted by molar-refractivity contribution is -0.137. The number of nitrogens with zero attached hydrogens (tertiary/aromatic N) is 2. The van der Waals surface area contributed by atoms with Crippen LogP contribution in [0, 0.1) is 6.92 Å². The van der Waals surface area contributed by atoms with E-state index in [0.29, 0.717) is 38.3 Å². The number of piperazine rings is 1. The van der Waals surface area contributed by atoms with Gasteiger partial charge in [0.2, 0.25) is 11.8 Å². The second kappa shape index (κ2) is 9.30. The number of nitrogens with one attached hydrogen (secondary N) is 1. The van der Waals surface area contributed by atoms with Gasteiger partial charge in [0.25, 0.3) is 0 Å². The molecule has 0 saturated carbocycles. The Morgan fingerprint density at radius 2 is 1.60 bits per heavy atom. The van der Waals surface area contributed by atoms with Crippen molar-refractivity contribution >= 4 is 17.5 Å². The first-order valence-electron chi connectivity index (χ1n) is 9.74. The fraction of sp³-hybridized carbons (Fsp3) is 0.364. The van der Waals surface area contributed by atoms with Gasteiger partial charge in [-0.3, -0.25) is 14.5 Å². The number of anilines is 1. The fourth-order valence-corrected chi connectivity index (χ4v) is 3.38. The first kappa shape index (κ1) is 21.8. The molecule has 3 rings (SSSR count). The Hall–Kier alpha value is -2.87. The molecule has 5 nitrogen and oxygen atoms in total. The lowest BCUT2D eigenvalue weighted by atomic mass is 10.1. The quantitative estimate of drug-likeness (QED) is 0.809. The van der Waals surface area contributed by atoms with Crippen LogP contribution < -0.4 is 5.32 Å².